The molecular weight excluding hydrogens is 458 g/mol. The van der Waals surface area contributed by atoms with Gasteiger partial charge in [-0.1, -0.05) is 26.0 Å². The Hall–Kier alpha value is -2.87. The minimum atomic E-state index is -0.826. The lowest BCUT2D eigenvalue weighted by Crippen LogP contribution is -2.50. The zero-order valence-corrected chi connectivity index (χ0v) is 22.1. The van der Waals surface area contributed by atoms with Crippen LogP contribution in [0.4, 0.5) is 11.4 Å². The normalized spacial score (nSPS) is 25.9. The minimum Gasteiger partial charge on any atom is -0.466 e. The number of amides is 2. The fraction of sp³-hybridized carbons (Fsp3) is 0.607. The van der Waals surface area contributed by atoms with Gasteiger partial charge in [0, 0.05) is 30.4 Å². The summed E-state index contributed by atoms with van der Waals surface area (Å²) in [4.78, 5) is 44.2. The number of rotatable bonds is 11. The van der Waals surface area contributed by atoms with Crippen molar-refractivity contribution in [1.82, 2.24) is 4.90 Å². The second-order valence-electron chi connectivity index (χ2n) is 9.48. The fourth-order valence-electron chi connectivity index (χ4n) is 5.76. The van der Waals surface area contributed by atoms with Gasteiger partial charge in [0.05, 0.1) is 31.1 Å². The van der Waals surface area contributed by atoms with Gasteiger partial charge in [-0.25, -0.2) is 0 Å². The maximum absolute atomic E-state index is 13.8. The maximum atomic E-state index is 13.8. The van der Waals surface area contributed by atoms with Crippen LogP contribution in [0.3, 0.4) is 0 Å². The van der Waals surface area contributed by atoms with Crippen LogP contribution in [0.5, 0.6) is 0 Å². The highest BCUT2D eigenvalue weighted by molar-refractivity contribution is 6.01. The highest BCUT2D eigenvalue weighted by Gasteiger charge is 2.58. The number of aliphatic hydroxyl groups excluding tert-OH is 1. The molecule has 1 aromatic rings. The number of benzene rings is 1. The second kappa shape index (κ2) is 12.4. The number of anilines is 2. The van der Waals surface area contributed by atoms with Crippen molar-refractivity contribution in [3.05, 3.63) is 36.4 Å². The van der Waals surface area contributed by atoms with E-state index in [1.807, 2.05) is 50.3 Å². The lowest BCUT2D eigenvalue weighted by atomic mass is 9.69. The Kier molecular flexibility index (Phi) is 9.54. The van der Waals surface area contributed by atoms with Crippen LogP contribution < -0.4 is 10.2 Å². The summed E-state index contributed by atoms with van der Waals surface area (Å²) in [6, 6.07) is 6.31. The molecule has 1 heterocycles. The number of esters is 1. The highest BCUT2D eigenvalue weighted by atomic mass is 16.5. The van der Waals surface area contributed by atoms with Crippen LogP contribution in [0, 0.1) is 23.7 Å². The number of fused-ring (bicyclic) bond motifs is 1. The van der Waals surface area contributed by atoms with Crippen LogP contribution in [0.2, 0.25) is 0 Å². The standard InChI is InChI=1S/C28H41N3O5/c1-6-18-11-16-22-24(23(18)28(35)36-10-5)27(34)31(20(7-2)17-32)25(22)26(33)29-19-12-14-21(15-13-19)30(8-3)9-4/h11-16,18,20,22-25,32H,6-10,17H2,1-5H3,(H,29,33)/t18-,20+,22+,23-,24-,25+/m1/s1. The Morgan fingerprint density at radius 2 is 1.75 bits per heavy atom. The van der Waals surface area contributed by atoms with Crippen molar-refractivity contribution in [1.29, 1.82) is 0 Å². The van der Waals surface area contributed by atoms with Gasteiger partial charge in [0.2, 0.25) is 11.8 Å². The van der Waals surface area contributed by atoms with Gasteiger partial charge in [0.25, 0.3) is 0 Å². The topological polar surface area (TPSA) is 99.2 Å². The number of nitrogens with zero attached hydrogens (tertiary/aromatic N) is 2. The van der Waals surface area contributed by atoms with Gasteiger partial charge in [-0.2, -0.15) is 0 Å². The lowest BCUT2D eigenvalue weighted by molar-refractivity contribution is -0.156. The third-order valence-electron chi connectivity index (χ3n) is 7.68. The van der Waals surface area contributed by atoms with E-state index in [2.05, 4.69) is 24.1 Å². The molecule has 8 nitrogen and oxygen atoms in total. The van der Waals surface area contributed by atoms with Gasteiger partial charge in [-0.3, -0.25) is 14.4 Å². The van der Waals surface area contributed by atoms with Gasteiger partial charge < -0.3 is 25.0 Å². The summed E-state index contributed by atoms with van der Waals surface area (Å²) < 4.78 is 5.36. The lowest BCUT2D eigenvalue weighted by Gasteiger charge is -2.33. The Bertz CT molecular complexity index is 939. The number of allylic oxidation sites excluding steroid dienone is 1. The number of nitrogens with one attached hydrogen (secondary N) is 1. The Balaban J connectivity index is 1.95. The van der Waals surface area contributed by atoms with Crippen molar-refractivity contribution in [2.45, 2.75) is 59.5 Å². The molecule has 8 heteroatoms. The molecule has 0 radical (unpaired) electrons. The summed E-state index contributed by atoms with van der Waals surface area (Å²) in [5, 5.41) is 13.1. The molecule has 0 spiro atoms. The molecule has 1 fully saturated rings. The Morgan fingerprint density at radius 3 is 2.28 bits per heavy atom. The molecule has 2 N–H and O–H groups in total. The molecular formula is C28H41N3O5. The zero-order valence-electron chi connectivity index (χ0n) is 22.1. The molecule has 0 saturated carbocycles. The van der Waals surface area contributed by atoms with Gasteiger partial charge in [0.1, 0.15) is 6.04 Å². The van der Waals surface area contributed by atoms with Crippen molar-refractivity contribution < 1.29 is 24.2 Å². The van der Waals surface area contributed by atoms with E-state index in [-0.39, 0.29) is 30.9 Å². The van der Waals surface area contributed by atoms with E-state index in [4.69, 9.17) is 4.74 Å². The predicted molar refractivity (Wildman–Crippen MR) is 140 cm³/mol. The van der Waals surface area contributed by atoms with E-state index in [0.717, 1.165) is 18.8 Å². The zero-order chi connectivity index (χ0) is 26.4. The number of aliphatic hydroxyl groups is 1. The first-order valence-corrected chi connectivity index (χ1v) is 13.3. The van der Waals surface area contributed by atoms with Gasteiger partial charge in [-0.05, 0) is 63.8 Å². The van der Waals surface area contributed by atoms with Gasteiger partial charge in [-0.15, -0.1) is 0 Å². The van der Waals surface area contributed by atoms with Crippen LogP contribution in [-0.2, 0) is 19.1 Å². The van der Waals surface area contributed by atoms with Crippen LogP contribution in [0.1, 0.15) is 47.5 Å². The van der Waals surface area contributed by atoms with E-state index >= 15 is 0 Å². The first-order chi connectivity index (χ1) is 17.4. The maximum Gasteiger partial charge on any atom is 0.310 e. The van der Waals surface area contributed by atoms with Crippen LogP contribution in [0.15, 0.2) is 36.4 Å². The molecule has 1 aliphatic carbocycles. The van der Waals surface area contributed by atoms with E-state index in [1.54, 1.807) is 6.92 Å². The monoisotopic (exact) mass is 499 g/mol. The Morgan fingerprint density at radius 1 is 1.08 bits per heavy atom. The summed E-state index contributed by atoms with van der Waals surface area (Å²) in [6.07, 6.45) is 5.06. The Labute approximate surface area is 214 Å². The van der Waals surface area contributed by atoms with E-state index in [0.29, 0.717) is 18.5 Å². The average molecular weight is 500 g/mol. The highest BCUT2D eigenvalue weighted by Crippen LogP contribution is 2.46. The number of hydrogen-bond donors (Lipinski definition) is 2. The van der Waals surface area contributed by atoms with Crippen LogP contribution in [-0.4, -0.2) is 66.2 Å². The molecule has 1 saturated heterocycles. The number of ether oxygens (including phenoxy) is 1. The van der Waals surface area contributed by atoms with Crippen molar-refractivity contribution in [2.24, 2.45) is 23.7 Å². The summed E-state index contributed by atoms with van der Waals surface area (Å²) in [5.41, 5.74) is 1.71. The predicted octanol–water partition coefficient (Wildman–Crippen LogP) is 3.46. The number of carbonyl (C=O) groups excluding carboxylic acids is 3. The number of hydrogen-bond acceptors (Lipinski definition) is 6. The third-order valence-corrected chi connectivity index (χ3v) is 7.68. The molecule has 36 heavy (non-hydrogen) atoms. The van der Waals surface area contributed by atoms with Crippen molar-refractivity contribution in [2.75, 3.05) is 36.5 Å². The molecule has 3 rings (SSSR count). The minimum absolute atomic E-state index is 0.139. The summed E-state index contributed by atoms with van der Waals surface area (Å²) in [7, 11) is 0. The molecule has 2 aliphatic rings. The van der Waals surface area contributed by atoms with E-state index in [9.17, 15) is 19.5 Å². The largest absolute Gasteiger partial charge is 0.466 e. The summed E-state index contributed by atoms with van der Waals surface area (Å²) in [5.74, 6) is -2.95. The van der Waals surface area contributed by atoms with Crippen molar-refractivity contribution >= 4 is 29.2 Å². The molecule has 0 unspecified atom stereocenters. The van der Waals surface area contributed by atoms with Gasteiger partial charge in [0.15, 0.2) is 0 Å². The first-order valence-electron chi connectivity index (χ1n) is 13.3. The number of carbonyl (C=O) groups is 3. The average Bonchev–Trinajstić information content (AvgIpc) is 3.18. The molecule has 198 valence electrons. The molecule has 0 bridgehead atoms. The third kappa shape index (κ3) is 5.28. The van der Waals surface area contributed by atoms with Gasteiger partial charge >= 0.3 is 5.97 Å². The number of likely N-dealkylation sites (tertiary alicyclic amines) is 1. The molecule has 6 atom stereocenters. The van der Waals surface area contributed by atoms with Crippen molar-refractivity contribution in [3.63, 3.8) is 0 Å². The van der Waals surface area contributed by atoms with E-state index in [1.165, 1.54) is 4.90 Å². The smallest absolute Gasteiger partial charge is 0.310 e. The second-order valence-corrected chi connectivity index (χ2v) is 9.48. The first kappa shape index (κ1) is 27.7. The molecule has 1 aromatic carbocycles. The van der Waals surface area contributed by atoms with Crippen LogP contribution in [0.25, 0.3) is 0 Å². The molecule has 1 aliphatic heterocycles. The molecule has 0 aromatic heterocycles. The summed E-state index contributed by atoms with van der Waals surface area (Å²) >= 11 is 0. The quantitative estimate of drug-likeness (QED) is 0.357. The SMILES string of the molecule is CCOC(=O)[C@H]1[C@@H]2C(=O)N([C@@H](CC)CO)[C@H](C(=O)Nc3ccc(N(CC)CC)cc3)[C@H]2C=C[C@H]1CC. The van der Waals surface area contributed by atoms with Crippen LogP contribution >= 0.6 is 0 Å². The van der Waals surface area contributed by atoms with E-state index < -0.39 is 35.8 Å². The summed E-state index contributed by atoms with van der Waals surface area (Å²) in [6.45, 7) is 11.5. The fourth-order valence-corrected chi connectivity index (χ4v) is 5.76. The van der Waals surface area contributed by atoms with Crippen molar-refractivity contribution in [3.8, 4) is 0 Å². The molecule has 2 amide bonds.